The van der Waals surface area contributed by atoms with E-state index >= 15 is 4.39 Å². The lowest BCUT2D eigenvalue weighted by Gasteiger charge is -2.08. The SMILES string of the molecule is O=C(Cc1ccccc1)Nc1cncc(-c2ncc3[nH]nc(-c4nc5nccc(-c6ccccc6F)c5[nH]4)c3c2F)c1. The molecular weight excluding hydrogens is 538 g/mol. The minimum absolute atomic E-state index is 0.0260. The summed E-state index contributed by atoms with van der Waals surface area (Å²) in [5.41, 5.74) is 4.01. The Morgan fingerprint density at radius 1 is 0.881 bits per heavy atom. The lowest BCUT2D eigenvalue weighted by atomic mass is 10.1. The predicted octanol–water partition coefficient (Wildman–Crippen LogP) is 6.08. The first-order valence-corrected chi connectivity index (χ1v) is 13.0. The molecule has 3 N–H and O–H groups in total. The lowest BCUT2D eigenvalue weighted by Crippen LogP contribution is -2.14. The fourth-order valence-corrected chi connectivity index (χ4v) is 4.90. The molecule has 11 heteroatoms. The van der Waals surface area contributed by atoms with Crippen molar-refractivity contribution in [1.29, 1.82) is 0 Å². The number of carbonyl (C=O) groups excluding carboxylic acids is 1. The van der Waals surface area contributed by atoms with Crippen molar-refractivity contribution in [1.82, 2.24) is 35.1 Å². The number of pyridine rings is 3. The number of amides is 1. The van der Waals surface area contributed by atoms with Gasteiger partial charge in [-0.25, -0.2) is 18.7 Å². The van der Waals surface area contributed by atoms with Crippen LogP contribution in [0.5, 0.6) is 0 Å². The number of H-pyrrole nitrogens is 2. The van der Waals surface area contributed by atoms with Crippen LogP contribution in [0.4, 0.5) is 14.5 Å². The average molecular weight is 559 g/mol. The van der Waals surface area contributed by atoms with Crippen molar-refractivity contribution < 1.29 is 13.6 Å². The molecule has 0 aliphatic rings. The van der Waals surface area contributed by atoms with Crippen LogP contribution in [0.1, 0.15) is 5.56 Å². The smallest absolute Gasteiger partial charge is 0.228 e. The molecule has 0 saturated carbocycles. The summed E-state index contributed by atoms with van der Waals surface area (Å²) < 4.78 is 30.7. The van der Waals surface area contributed by atoms with Gasteiger partial charge in [-0.2, -0.15) is 5.10 Å². The maximum Gasteiger partial charge on any atom is 0.228 e. The fourth-order valence-electron chi connectivity index (χ4n) is 4.90. The van der Waals surface area contributed by atoms with E-state index in [-0.39, 0.29) is 40.7 Å². The van der Waals surface area contributed by atoms with Crippen LogP contribution in [0.15, 0.2) is 91.5 Å². The summed E-state index contributed by atoms with van der Waals surface area (Å²) in [6.07, 6.45) is 6.15. The number of hydrogen-bond donors (Lipinski definition) is 3. The summed E-state index contributed by atoms with van der Waals surface area (Å²) in [7, 11) is 0. The van der Waals surface area contributed by atoms with Gasteiger partial charge in [-0.15, -0.1) is 0 Å². The van der Waals surface area contributed by atoms with Gasteiger partial charge in [0.1, 0.15) is 17.2 Å². The van der Waals surface area contributed by atoms with Gasteiger partial charge in [0.05, 0.1) is 40.9 Å². The number of nitrogens with zero attached hydrogens (tertiary/aromatic N) is 5. The normalized spacial score (nSPS) is 11.3. The van der Waals surface area contributed by atoms with Crippen LogP contribution in [0.3, 0.4) is 0 Å². The molecule has 204 valence electrons. The van der Waals surface area contributed by atoms with E-state index in [0.29, 0.717) is 39.1 Å². The Morgan fingerprint density at radius 2 is 1.71 bits per heavy atom. The first kappa shape index (κ1) is 25.1. The Hall–Kier alpha value is -5.84. The fraction of sp³-hybridized carbons (Fsp3) is 0.0323. The molecule has 7 rings (SSSR count). The second-order valence-corrected chi connectivity index (χ2v) is 9.58. The van der Waals surface area contributed by atoms with Gasteiger partial charge in [-0.1, -0.05) is 48.5 Å². The number of fused-ring (bicyclic) bond motifs is 2. The molecule has 5 heterocycles. The second kappa shape index (κ2) is 10.3. The molecule has 1 amide bonds. The van der Waals surface area contributed by atoms with Crippen LogP contribution in [-0.4, -0.2) is 41.0 Å². The standard InChI is InChI=1S/C31H20F2N8O/c32-22-9-5-4-8-20(22)21-10-11-35-30-28(21)38-31(39-30)29-25-23(40-41-29)16-36-27(26(25)33)18-13-19(15-34-14-18)37-24(42)12-17-6-2-1-3-7-17/h1-11,13-16H,12H2,(H,37,42)(H,40,41)(H,35,38,39). The Morgan fingerprint density at radius 3 is 2.57 bits per heavy atom. The van der Waals surface area contributed by atoms with Gasteiger partial charge in [-0.3, -0.25) is 19.9 Å². The van der Waals surface area contributed by atoms with Gasteiger partial charge in [-0.05, 0) is 23.8 Å². The molecule has 0 unspecified atom stereocenters. The third-order valence-electron chi connectivity index (χ3n) is 6.83. The Bertz CT molecular complexity index is 2110. The Labute approximate surface area is 236 Å². The molecule has 9 nitrogen and oxygen atoms in total. The van der Waals surface area contributed by atoms with E-state index < -0.39 is 5.82 Å². The van der Waals surface area contributed by atoms with E-state index in [2.05, 4.69) is 40.4 Å². The number of benzene rings is 2. The molecule has 0 atom stereocenters. The maximum atomic E-state index is 16.1. The number of aromatic nitrogens is 7. The van der Waals surface area contributed by atoms with Crippen molar-refractivity contribution in [3.8, 4) is 33.9 Å². The van der Waals surface area contributed by atoms with Gasteiger partial charge >= 0.3 is 0 Å². The van der Waals surface area contributed by atoms with Crippen molar-refractivity contribution in [2.75, 3.05) is 5.32 Å². The molecule has 2 aromatic carbocycles. The molecule has 0 bridgehead atoms. The van der Waals surface area contributed by atoms with Crippen LogP contribution < -0.4 is 5.32 Å². The summed E-state index contributed by atoms with van der Waals surface area (Å²) in [5.74, 6) is -1.01. The summed E-state index contributed by atoms with van der Waals surface area (Å²) in [6.45, 7) is 0. The molecule has 0 aliphatic carbocycles. The van der Waals surface area contributed by atoms with E-state index in [1.54, 1.807) is 36.5 Å². The minimum Gasteiger partial charge on any atom is -0.335 e. The van der Waals surface area contributed by atoms with Crippen LogP contribution in [-0.2, 0) is 11.2 Å². The molecule has 0 radical (unpaired) electrons. The molecular formula is C31H20F2N8O. The van der Waals surface area contributed by atoms with Crippen LogP contribution in [0.25, 0.3) is 56.0 Å². The van der Waals surface area contributed by atoms with E-state index in [0.717, 1.165) is 5.56 Å². The molecule has 5 aromatic heterocycles. The van der Waals surface area contributed by atoms with Gasteiger partial charge in [0.25, 0.3) is 0 Å². The zero-order valence-electron chi connectivity index (χ0n) is 21.8. The Kier molecular flexibility index (Phi) is 6.16. The number of anilines is 1. The molecule has 42 heavy (non-hydrogen) atoms. The summed E-state index contributed by atoms with van der Waals surface area (Å²) in [6, 6.07) is 19.0. The van der Waals surface area contributed by atoms with E-state index in [1.165, 1.54) is 24.7 Å². The zero-order chi connectivity index (χ0) is 28.6. The first-order valence-electron chi connectivity index (χ1n) is 13.0. The van der Waals surface area contributed by atoms with Gasteiger partial charge in [0, 0.05) is 29.1 Å². The molecule has 0 spiro atoms. The summed E-state index contributed by atoms with van der Waals surface area (Å²) in [5, 5.41) is 10.1. The highest BCUT2D eigenvalue weighted by Crippen LogP contribution is 2.34. The van der Waals surface area contributed by atoms with E-state index in [1.807, 2.05) is 30.3 Å². The highest BCUT2D eigenvalue weighted by molar-refractivity contribution is 5.97. The van der Waals surface area contributed by atoms with Crippen molar-refractivity contribution in [3.05, 3.63) is 109 Å². The van der Waals surface area contributed by atoms with Crippen LogP contribution >= 0.6 is 0 Å². The number of imidazole rings is 1. The van der Waals surface area contributed by atoms with Crippen molar-refractivity contribution >= 4 is 33.7 Å². The monoisotopic (exact) mass is 558 g/mol. The third-order valence-corrected chi connectivity index (χ3v) is 6.83. The van der Waals surface area contributed by atoms with Crippen LogP contribution in [0, 0.1) is 11.6 Å². The minimum atomic E-state index is -0.645. The first-order chi connectivity index (χ1) is 20.5. The summed E-state index contributed by atoms with van der Waals surface area (Å²) in [4.78, 5) is 33.0. The van der Waals surface area contributed by atoms with Gasteiger partial charge < -0.3 is 10.3 Å². The van der Waals surface area contributed by atoms with Crippen LogP contribution in [0.2, 0.25) is 0 Å². The van der Waals surface area contributed by atoms with E-state index in [9.17, 15) is 9.18 Å². The molecule has 0 saturated heterocycles. The third kappa shape index (κ3) is 4.52. The lowest BCUT2D eigenvalue weighted by molar-refractivity contribution is -0.115. The predicted molar refractivity (Wildman–Crippen MR) is 154 cm³/mol. The topological polar surface area (TPSA) is 125 Å². The number of halogens is 2. The van der Waals surface area contributed by atoms with Crippen molar-refractivity contribution in [2.24, 2.45) is 0 Å². The molecule has 7 aromatic rings. The maximum absolute atomic E-state index is 16.1. The number of nitrogens with one attached hydrogen (secondary N) is 3. The highest BCUT2D eigenvalue weighted by Gasteiger charge is 2.22. The second-order valence-electron chi connectivity index (χ2n) is 9.58. The number of rotatable bonds is 6. The largest absolute Gasteiger partial charge is 0.335 e. The van der Waals surface area contributed by atoms with Crippen molar-refractivity contribution in [2.45, 2.75) is 6.42 Å². The summed E-state index contributed by atoms with van der Waals surface area (Å²) >= 11 is 0. The number of carbonyl (C=O) groups is 1. The molecule has 0 aliphatic heterocycles. The zero-order valence-corrected chi connectivity index (χ0v) is 21.8. The quantitative estimate of drug-likeness (QED) is 0.227. The average Bonchev–Trinajstić information content (AvgIpc) is 3.63. The van der Waals surface area contributed by atoms with Crippen molar-refractivity contribution in [3.63, 3.8) is 0 Å². The van der Waals surface area contributed by atoms with Gasteiger partial charge in [0.2, 0.25) is 5.91 Å². The molecule has 0 fully saturated rings. The van der Waals surface area contributed by atoms with Gasteiger partial charge in [0.15, 0.2) is 17.3 Å². The highest BCUT2D eigenvalue weighted by atomic mass is 19.1. The number of hydrogen-bond acceptors (Lipinski definition) is 6. The Balaban J connectivity index is 1.25. The number of aromatic amines is 2. The van der Waals surface area contributed by atoms with E-state index in [4.69, 9.17) is 0 Å².